The van der Waals surface area contributed by atoms with Gasteiger partial charge in [-0.2, -0.15) is 0 Å². The van der Waals surface area contributed by atoms with Gasteiger partial charge in [-0.05, 0) is 24.3 Å². The summed E-state index contributed by atoms with van der Waals surface area (Å²) < 4.78 is 41.1. The fraction of sp³-hybridized carbons (Fsp3) is 0.148. The van der Waals surface area contributed by atoms with Gasteiger partial charge in [-0.1, -0.05) is 18.2 Å². The molecule has 0 atom stereocenters. The number of carbonyl (C=O) groups is 2. The Labute approximate surface area is 210 Å². The van der Waals surface area contributed by atoms with Gasteiger partial charge in [0, 0.05) is 60.9 Å². The second kappa shape index (κ2) is 9.81. The van der Waals surface area contributed by atoms with Gasteiger partial charge in [0.1, 0.15) is 23.3 Å². The Morgan fingerprint density at radius 1 is 1.08 bits per heavy atom. The third-order valence-corrected chi connectivity index (χ3v) is 6.14. The summed E-state index contributed by atoms with van der Waals surface area (Å²) in [5.74, 6) is -4.04. The van der Waals surface area contributed by atoms with E-state index in [-0.39, 0.29) is 11.7 Å². The van der Waals surface area contributed by atoms with Gasteiger partial charge in [0.05, 0.1) is 23.4 Å². The first kappa shape index (κ1) is 24.1. The standard InChI is InChI=1S/C27H22F3N5O2/c1-35-10-8-21-24(27(35)37)26(32-17-5-3-2-4-6-17)25(33-21)15-7-9-31-22(11-15)34-23(36)14-18-19(29)12-16(28)13-20(18)30/h2-7,9,11-13,32-33H,8,10,14H2,1H3,(H,31,34,36). The number of H-pyrrole nitrogens is 1. The van der Waals surface area contributed by atoms with E-state index in [0.717, 1.165) is 11.4 Å². The van der Waals surface area contributed by atoms with Crippen LogP contribution in [0.3, 0.4) is 0 Å². The smallest absolute Gasteiger partial charge is 0.257 e. The molecular weight excluding hydrogens is 483 g/mol. The molecule has 0 aliphatic carbocycles. The number of nitrogens with one attached hydrogen (secondary N) is 3. The highest BCUT2D eigenvalue weighted by Gasteiger charge is 2.30. The largest absolute Gasteiger partial charge is 0.356 e. The number of para-hydroxylation sites is 1. The first-order valence-electron chi connectivity index (χ1n) is 11.5. The van der Waals surface area contributed by atoms with Crippen molar-refractivity contribution in [2.75, 3.05) is 24.2 Å². The molecular formula is C27H22F3N5O2. The van der Waals surface area contributed by atoms with Gasteiger partial charge in [-0.25, -0.2) is 18.2 Å². The fourth-order valence-electron chi connectivity index (χ4n) is 4.30. The van der Waals surface area contributed by atoms with Gasteiger partial charge < -0.3 is 20.5 Å². The number of aromatic amines is 1. The maximum absolute atomic E-state index is 14.0. The Morgan fingerprint density at radius 3 is 2.54 bits per heavy atom. The number of hydrogen-bond donors (Lipinski definition) is 3. The zero-order valence-corrected chi connectivity index (χ0v) is 19.7. The monoisotopic (exact) mass is 505 g/mol. The van der Waals surface area contributed by atoms with Crippen molar-refractivity contribution in [3.8, 4) is 11.3 Å². The molecule has 0 saturated heterocycles. The van der Waals surface area contributed by atoms with E-state index in [0.29, 0.717) is 47.6 Å². The van der Waals surface area contributed by atoms with Crippen LogP contribution in [0.15, 0.2) is 60.8 Å². The molecule has 0 radical (unpaired) electrons. The summed E-state index contributed by atoms with van der Waals surface area (Å²) in [6, 6.07) is 13.8. The molecule has 2 amide bonds. The quantitative estimate of drug-likeness (QED) is 0.342. The Hall–Kier alpha value is -4.60. The van der Waals surface area contributed by atoms with Crippen molar-refractivity contribution >= 4 is 29.0 Å². The minimum atomic E-state index is -1.14. The van der Waals surface area contributed by atoms with E-state index in [9.17, 15) is 22.8 Å². The number of carbonyl (C=O) groups excluding carboxylic acids is 2. The van der Waals surface area contributed by atoms with Crippen LogP contribution in [-0.2, 0) is 17.6 Å². The van der Waals surface area contributed by atoms with Gasteiger partial charge in [-0.15, -0.1) is 0 Å². The molecule has 3 heterocycles. The first-order valence-corrected chi connectivity index (χ1v) is 11.5. The molecule has 0 bridgehead atoms. The van der Waals surface area contributed by atoms with Crippen molar-refractivity contribution < 1.29 is 22.8 Å². The molecule has 3 N–H and O–H groups in total. The highest BCUT2D eigenvalue weighted by atomic mass is 19.1. The van der Waals surface area contributed by atoms with Crippen molar-refractivity contribution in [2.24, 2.45) is 0 Å². The molecule has 4 aromatic rings. The van der Waals surface area contributed by atoms with E-state index in [4.69, 9.17) is 0 Å². The molecule has 1 aliphatic rings. The van der Waals surface area contributed by atoms with Crippen LogP contribution in [0.2, 0.25) is 0 Å². The predicted octanol–water partition coefficient (Wildman–Crippen LogP) is 5.05. The maximum Gasteiger partial charge on any atom is 0.257 e. The SMILES string of the molecule is CN1CCc2[nH]c(-c3ccnc(NC(=O)Cc4c(F)cc(F)cc4F)c3)c(Nc3ccccc3)c2C1=O. The Morgan fingerprint density at radius 2 is 1.81 bits per heavy atom. The summed E-state index contributed by atoms with van der Waals surface area (Å²) in [7, 11) is 1.75. The minimum absolute atomic E-state index is 0.117. The number of benzene rings is 2. The molecule has 5 rings (SSSR count). The lowest BCUT2D eigenvalue weighted by Crippen LogP contribution is -2.34. The average Bonchev–Trinajstić information content (AvgIpc) is 3.23. The zero-order chi connectivity index (χ0) is 26.1. The number of rotatable bonds is 6. The number of hydrogen-bond acceptors (Lipinski definition) is 4. The number of halogens is 3. The summed E-state index contributed by atoms with van der Waals surface area (Å²) in [5, 5.41) is 5.87. The van der Waals surface area contributed by atoms with Crippen LogP contribution in [0.1, 0.15) is 21.6 Å². The van der Waals surface area contributed by atoms with Gasteiger partial charge in [0.2, 0.25) is 5.91 Å². The maximum atomic E-state index is 14.0. The van der Waals surface area contributed by atoms with Crippen LogP contribution in [-0.4, -0.2) is 40.3 Å². The molecule has 188 valence electrons. The van der Waals surface area contributed by atoms with Gasteiger partial charge >= 0.3 is 0 Å². The number of nitrogens with zero attached hydrogens (tertiary/aromatic N) is 2. The summed E-state index contributed by atoms with van der Waals surface area (Å²) in [4.78, 5) is 34.7. The molecule has 2 aromatic heterocycles. The molecule has 0 fully saturated rings. The van der Waals surface area contributed by atoms with Gasteiger partial charge in [0.25, 0.3) is 5.91 Å². The molecule has 7 nitrogen and oxygen atoms in total. The zero-order valence-electron chi connectivity index (χ0n) is 19.7. The number of anilines is 3. The number of amides is 2. The lowest BCUT2D eigenvalue weighted by molar-refractivity contribution is -0.115. The van der Waals surface area contributed by atoms with Gasteiger partial charge in [-0.3, -0.25) is 9.59 Å². The minimum Gasteiger partial charge on any atom is -0.356 e. The van der Waals surface area contributed by atoms with Crippen LogP contribution in [0.25, 0.3) is 11.3 Å². The molecule has 0 unspecified atom stereocenters. The molecule has 37 heavy (non-hydrogen) atoms. The van der Waals surface area contributed by atoms with E-state index in [1.807, 2.05) is 30.3 Å². The Balaban J connectivity index is 1.46. The summed E-state index contributed by atoms with van der Waals surface area (Å²) in [5.41, 5.74) is 3.44. The van der Waals surface area contributed by atoms with E-state index < -0.39 is 35.3 Å². The van der Waals surface area contributed by atoms with E-state index >= 15 is 0 Å². The third-order valence-electron chi connectivity index (χ3n) is 6.14. The number of aromatic nitrogens is 2. The molecule has 1 aliphatic heterocycles. The molecule has 2 aromatic carbocycles. The summed E-state index contributed by atoms with van der Waals surface area (Å²) in [6.07, 6.45) is 1.48. The first-order chi connectivity index (χ1) is 17.8. The second-order valence-electron chi connectivity index (χ2n) is 8.70. The van der Waals surface area contributed by atoms with Gasteiger partial charge in [0.15, 0.2) is 0 Å². The molecule has 0 spiro atoms. The topological polar surface area (TPSA) is 90.1 Å². The van der Waals surface area contributed by atoms with Crippen molar-refractivity contribution in [3.05, 3.63) is 95.1 Å². The summed E-state index contributed by atoms with van der Waals surface area (Å²) in [6.45, 7) is 0.574. The van der Waals surface area contributed by atoms with Crippen molar-refractivity contribution in [3.63, 3.8) is 0 Å². The lowest BCUT2D eigenvalue weighted by atomic mass is 10.0. The average molecular weight is 506 g/mol. The molecule has 10 heteroatoms. The Kier molecular flexibility index (Phi) is 6.39. The van der Waals surface area contributed by atoms with Crippen molar-refractivity contribution in [1.29, 1.82) is 0 Å². The highest BCUT2D eigenvalue weighted by Crippen LogP contribution is 2.38. The predicted molar refractivity (Wildman–Crippen MR) is 133 cm³/mol. The number of likely N-dealkylation sites (N-methyl/N-ethyl adjacent to an activating group) is 1. The highest BCUT2D eigenvalue weighted by molar-refractivity contribution is 6.06. The van der Waals surface area contributed by atoms with E-state index in [1.165, 1.54) is 6.20 Å². The van der Waals surface area contributed by atoms with Crippen LogP contribution >= 0.6 is 0 Å². The van der Waals surface area contributed by atoms with Crippen LogP contribution in [0.5, 0.6) is 0 Å². The van der Waals surface area contributed by atoms with Crippen molar-refractivity contribution in [1.82, 2.24) is 14.9 Å². The van der Waals surface area contributed by atoms with Crippen molar-refractivity contribution in [2.45, 2.75) is 12.8 Å². The number of fused-ring (bicyclic) bond motifs is 1. The second-order valence-corrected chi connectivity index (χ2v) is 8.70. The van der Waals surface area contributed by atoms with Crippen LogP contribution < -0.4 is 10.6 Å². The fourth-order valence-corrected chi connectivity index (χ4v) is 4.30. The van der Waals surface area contributed by atoms with E-state index in [2.05, 4.69) is 20.6 Å². The van der Waals surface area contributed by atoms with E-state index in [1.54, 1.807) is 24.1 Å². The van der Waals surface area contributed by atoms with Crippen LogP contribution in [0.4, 0.5) is 30.4 Å². The summed E-state index contributed by atoms with van der Waals surface area (Å²) >= 11 is 0. The molecule has 0 saturated carbocycles. The van der Waals surface area contributed by atoms with Crippen LogP contribution in [0, 0.1) is 17.5 Å². The normalized spacial score (nSPS) is 12.9. The lowest BCUT2D eigenvalue weighted by Gasteiger charge is -2.23. The third kappa shape index (κ3) is 4.90. The Bertz CT molecular complexity index is 1480. The number of pyridine rings is 1.